The van der Waals surface area contributed by atoms with Gasteiger partial charge in [-0.3, -0.25) is 0 Å². The highest BCUT2D eigenvalue weighted by atomic mass is 35.5. The maximum atomic E-state index is 10.2. The molecule has 0 bridgehead atoms. The van der Waals surface area contributed by atoms with Crippen molar-refractivity contribution in [2.24, 2.45) is 0 Å². The zero-order valence-corrected chi connectivity index (χ0v) is 12.1. The average molecular weight is 278 g/mol. The molecule has 2 aromatic rings. The molecule has 2 rings (SSSR count). The van der Waals surface area contributed by atoms with Gasteiger partial charge in [-0.15, -0.1) is 0 Å². The van der Waals surface area contributed by atoms with Gasteiger partial charge < -0.3 is 11.3 Å². The second kappa shape index (κ2) is 6.20. The minimum atomic E-state index is -0.751. The maximum absolute atomic E-state index is 10.2. The summed E-state index contributed by atoms with van der Waals surface area (Å²) < 4.78 is 0. The molecule has 0 aliphatic rings. The topological polar surface area (TPSA) is 55.2 Å². The van der Waals surface area contributed by atoms with Gasteiger partial charge in [-0.05, 0) is 42.2 Å². The van der Waals surface area contributed by atoms with Crippen molar-refractivity contribution in [2.75, 3.05) is 0 Å². The highest BCUT2D eigenvalue weighted by Gasteiger charge is 2.19. The second-order valence-electron chi connectivity index (χ2n) is 4.71. The number of benzene rings is 2. The molecular weight excluding hydrogens is 258 g/mol. The van der Waals surface area contributed by atoms with E-state index >= 15 is 0 Å². The Morgan fingerprint density at radius 2 is 1.37 bits per heavy atom. The summed E-state index contributed by atoms with van der Waals surface area (Å²) >= 11 is 5.87. The molecule has 0 aliphatic heterocycles. The molecule has 0 amide bonds. The summed E-state index contributed by atoms with van der Waals surface area (Å²) in [6, 6.07) is 15.8. The predicted molar refractivity (Wildman–Crippen MR) is 81.8 cm³/mol. The SMILES string of the molecule is CCC(C)(O)c1ccc(-c2ccc(Cl)cc2)cc1.N. The molecule has 0 saturated carbocycles. The van der Waals surface area contributed by atoms with Crippen LogP contribution in [0.2, 0.25) is 5.02 Å². The number of rotatable bonds is 3. The van der Waals surface area contributed by atoms with Crippen LogP contribution >= 0.6 is 11.6 Å². The first-order valence-corrected chi connectivity index (χ1v) is 6.49. The molecule has 0 spiro atoms. The maximum Gasteiger partial charge on any atom is 0.0865 e. The zero-order chi connectivity index (χ0) is 13.2. The highest BCUT2D eigenvalue weighted by Crippen LogP contribution is 2.27. The van der Waals surface area contributed by atoms with E-state index < -0.39 is 5.60 Å². The van der Waals surface area contributed by atoms with E-state index in [9.17, 15) is 5.11 Å². The van der Waals surface area contributed by atoms with Crippen LogP contribution in [0.3, 0.4) is 0 Å². The molecule has 4 N–H and O–H groups in total. The smallest absolute Gasteiger partial charge is 0.0865 e. The number of hydrogen-bond acceptors (Lipinski definition) is 2. The molecule has 0 saturated heterocycles. The second-order valence-corrected chi connectivity index (χ2v) is 5.15. The van der Waals surface area contributed by atoms with Gasteiger partial charge in [-0.1, -0.05) is 54.9 Å². The molecule has 2 nitrogen and oxygen atoms in total. The minimum absolute atomic E-state index is 0. The molecule has 19 heavy (non-hydrogen) atoms. The van der Waals surface area contributed by atoms with Crippen LogP contribution in [-0.4, -0.2) is 5.11 Å². The normalized spacial score (nSPS) is 13.5. The average Bonchev–Trinajstić information content (AvgIpc) is 2.40. The van der Waals surface area contributed by atoms with Gasteiger partial charge >= 0.3 is 0 Å². The lowest BCUT2D eigenvalue weighted by molar-refractivity contribution is 0.0531. The van der Waals surface area contributed by atoms with E-state index in [-0.39, 0.29) is 6.15 Å². The van der Waals surface area contributed by atoms with Gasteiger partial charge in [0, 0.05) is 5.02 Å². The van der Waals surface area contributed by atoms with Crippen LogP contribution in [0.5, 0.6) is 0 Å². The summed E-state index contributed by atoms with van der Waals surface area (Å²) in [4.78, 5) is 0. The van der Waals surface area contributed by atoms with E-state index in [0.717, 1.165) is 21.7 Å². The molecular formula is C16H20ClNO. The fourth-order valence-corrected chi connectivity index (χ4v) is 1.99. The van der Waals surface area contributed by atoms with Gasteiger partial charge in [0.05, 0.1) is 5.60 Å². The standard InChI is InChI=1S/C16H17ClO.H3N/c1-3-16(2,18)14-8-4-12(5-9-14)13-6-10-15(17)11-7-13;/h4-11,18H,3H2,1-2H3;1H3. The summed E-state index contributed by atoms with van der Waals surface area (Å²) in [5, 5.41) is 10.9. The highest BCUT2D eigenvalue weighted by molar-refractivity contribution is 6.30. The third-order valence-electron chi connectivity index (χ3n) is 3.37. The van der Waals surface area contributed by atoms with E-state index in [0.29, 0.717) is 6.42 Å². The van der Waals surface area contributed by atoms with E-state index in [2.05, 4.69) is 0 Å². The summed E-state index contributed by atoms with van der Waals surface area (Å²) in [5.41, 5.74) is 2.45. The van der Waals surface area contributed by atoms with Crippen molar-refractivity contribution < 1.29 is 5.11 Å². The van der Waals surface area contributed by atoms with Crippen LogP contribution in [0.1, 0.15) is 25.8 Å². The lowest BCUT2D eigenvalue weighted by Gasteiger charge is -2.22. The molecule has 0 aliphatic carbocycles. The molecule has 0 heterocycles. The minimum Gasteiger partial charge on any atom is -0.385 e. The predicted octanol–water partition coefficient (Wildman–Crippen LogP) is 4.79. The molecule has 0 aromatic heterocycles. The van der Waals surface area contributed by atoms with E-state index in [4.69, 9.17) is 11.6 Å². The summed E-state index contributed by atoms with van der Waals surface area (Å²) in [6.07, 6.45) is 0.702. The third-order valence-corrected chi connectivity index (χ3v) is 3.62. The van der Waals surface area contributed by atoms with Crippen molar-refractivity contribution in [1.82, 2.24) is 6.15 Å². The van der Waals surface area contributed by atoms with Gasteiger partial charge in [-0.2, -0.15) is 0 Å². The Hall–Kier alpha value is -1.35. The van der Waals surface area contributed by atoms with Crippen LogP contribution in [0.25, 0.3) is 11.1 Å². The van der Waals surface area contributed by atoms with Crippen molar-refractivity contribution in [2.45, 2.75) is 25.9 Å². The number of hydrogen-bond donors (Lipinski definition) is 2. The Morgan fingerprint density at radius 1 is 0.947 bits per heavy atom. The zero-order valence-electron chi connectivity index (χ0n) is 11.4. The Kier molecular flexibility index (Phi) is 5.12. The quantitative estimate of drug-likeness (QED) is 0.848. The Balaban J connectivity index is 0.00000180. The van der Waals surface area contributed by atoms with E-state index in [1.165, 1.54) is 0 Å². The number of halogens is 1. The van der Waals surface area contributed by atoms with Crippen molar-refractivity contribution in [3.8, 4) is 11.1 Å². The summed E-state index contributed by atoms with van der Waals surface area (Å²) in [6.45, 7) is 3.82. The first-order valence-electron chi connectivity index (χ1n) is 6.12. The van der Waals surface area contributed by atoms with Gasteiger partial charge in [0.25, 0.3) is 0 Å². The third kappa shape index (κ3) is 3.57. The van der Waals surface area contributed by atoms with E-state index in [1.807, 2.05) is 62.4 Å². The van der Waals surface area contributed by atoms with Gasteiger partial charge in [0.1, 0.15) is 0 Å². The molecule has 0 fully saturated rings. The van der Waals surface area contributed by atoms with Crippen LogP contribution in [0, 0.1) is 0 Å². The molecule has 3 heteroatoms. The Bertz CT molecular complexity index is 517. The first kappa shape index (κ1) is 15.7. The molecule has 102 valence electrons. The Labute approximate surface area is 119 Å². The molecule has 0 radical (unpaired) electrons. The number of aliphatic hydroxyl groups is 1. The van der Waals surface area contributed by atoms with E-state index in [1.54, 1.807) is 0 Å². The largest absolute Gasteiger partial charge is 0.385 e. The first-order chi connectivity index (χ1) is 8.53. The monoisotopic (exact) mass is 277 g/mol. The molecule has 2 aromatic carbocycles. The van der Waals surface area contributed by atoms with Crippen molar-refractivity contribution in [3.05, 3.63) is 59.1 Å². The fraction of sp³-hybridized carbons (Fsp3) is 0.250. The fourth-order valence-electron chi connectivity index (χ4n) is 1.87. The van der Waals surface area contributed by atoms with Gasteiger partial charge in [0.15, 0.2) is 0 Å². The lowest BCUT2D eigenvalue weighted by atomic mass is 9.92. The molecule has 1 atom stereocenters. The molecule has 1 unspecified atom stereocenters. The van der Waals surface area contributed by atoms with Crippen LogP contribution in [0.15, 0.2) is 48.5 Å². The lowest BCUT2D eigenvalue weighted by Crippen LogP contribution is -2.19. The summed E-state index contributed by atoms with van der Waals surface area (Å²) in [5.74, 6) is 0. The van der Waals surface area contributed by atoms with Crippen molar-refractivity contribution in [1.29, 1.82) is 0 Å². The van der Waals surface area contributed by atoms with Gasteiger partial charge in [-0.25, -0.2) is 0 Å². The van der Waals surface area contributed by atoms with Crippen LogP contribution < -0.4 is 6.15 Å². The van der Waals surface area contributed by atoms with Crippen LogP contribution in [0.4, 0.5) is 0 Å². The Morgan fingerprint density at radius 3 is 1.79 bits per heavy atom. The van der Waals surface area contributed by atoms with Gasteiger partial charge in [0.2, 0.25) is 0 Å². The van der Waals surface area contributed by atoms with Crippen molar-refractivity contribution in [3.63, 3.8) is 0 Å². The van der Waals surface area contributed by atoms with Crippen molar-refractivity contribution >= 4 is 11.6 Å². The van der Waals surface area contributed by atoms with Crippen LogP contribution in [-0.2, 0) is 5.60 Å². The summed E-state index contributed by atoms with van der Waals surface area (Å²) in [7, 11) is 0.